The molecule has 1 aromatic heterocycles. The molecular formula is C22H25N3O2S. The number of aryl methyl sites for hydroxylation is 2. The second kappa shape index (κ2) is 7.80. The molecule has 4 rings (SSSR count). The Hall–Kier alpha value is -2.60. The van der Waals surface area contributed by atoms with Gasteiger partial charge in [0.1, 0.15) is 11.3 Å². The van der Waals surface area contributed by atoms with Crippen molar-refractivity contribution in [2.45, 2.75) is 20.8 Å². The predicted molar refractivity (Wildman–Crippen MR) is 115 cm³/mol. The lowest BCUT2D eigenvalue weighted by Gasteiger charge is -2.34. The molecule has 2 heterocycles. The molecule has 28 heavy (non-hydrogen) atoms. The maximum absolute atomic E-state index is 12.8. The van der Waals surface area contributed by atoms with Gasteiger partial charge in [0, 0.05) is 31.7 Å². The van der Waals surface area contributed by atoms with E-state index in [9.17, 15) is 4.79 Å². The predicted octanol–water partition coefficient (Wildman–Crippen LogP) is 4.27. The van der Waals surface area contributed by atoms with Crippen LogP contribution >= 0.6 is 11.3 Å². The fourth-order valence-electron chi connectivity index (χ4n) is 3.48. The van der Waals surface area contributed by atoms with Crippen LogP contribution in [0.3, 0.4) is 0 Å². The highest BCUT2D eigenvalue weighted by atomic mass is 32.1. The SMILES string of the molecule is CCOc1cccc2sc(N3CCN(C(=O)c4ccc(C)c(C)c4)CC3)nc12. The summed E-state index contributed by atoms with van der Waals surface area (Å²) in [5.41, 5.74) is 4.07. The topological polar surface area (TPSA) is 45.7 Å². The Labute approximate surface area is 169 Å². The molecule has 0 bridgehead atoms. The van der Waals surface area contributed by atoms with Gasteiger partial charge in [-0.15, -0.1) is 0 Å². The number of hydrogen-bond acceptors (Lipinski definition) is 5. The normalized spacial score (nSPS) is 14.5. The van der Waals surface area contributed by atoms with Crippen molar-refractivity contribution in [3.63, 3.8) is 0 Å². The molecule has 5 nitrogen and oxygen atoms in total. The van der Waals surface area contributed by atoms with E-state index in [1.54, 1.807) is 11.3 Å². The van der Waals surface area contributed by atoms with E-state index in [4.69, 9.17) is 9.72 Å². The molecule has 0 radical (unpaired) electrons. The molecule has 1 amide bonds. The zero-order valence-corrected chi connectivity index (χ0v) is 17.4. The fraction of sp³-hybridized carbons (Fsp3) is 0.364. The van der Waals surface area contributed by atoms with Crippen molar-refractivity contribution in [2.24, 2.45) is 0 Å². The van der Waals surface area contributed by atoms with Crippen LogP contribution in [0.5, 0.6) is 5.75 Å². The smallest absolute Gasteiger partial charge is 0.253 e. The molecule has 1 aliphatic heterocycles. The maximum Gasteiger partial charge on any atom is 0.253 e. The lowest BCUT2D eigenvalue weighted by atomic mass is 10.1. The van der Waals surface area contributed by atoms with Crippen molar-refractivity contribution in [1.29, 1.82) is 0 Å². The number of rotatable bonds is 4. The van der Waals surface area contributed by atoms with Gasteiger partial charge in [0.15, 0.2) is 5.13 Å². The Kier molecular flexibility index (Phi) is 5.22. The Balaban J connectivity index is 1.46. The van der Waals surface area contributed by atoms with E-state index in [2.05, 4.69) is 17.9 Å². The van der Waals surface area contributed by atoms with E-state index < -0.39 is 0 Å². The van der Waals surface area contributed by atoms with Gasteiger partial charge >= 0.3 is 0 Å². The summed E-state index contributed by atoms with van der Waals surface area (Å²) in [6.07, 6.45) is 0. The molecule has 2 aromatic carbocycles. The van der Waals surface area contributed by atoms with Crippen LogP contribution in [0, 0.1) is 13.8 Å². The van der Waals surface area contributed by atoms with Gasteiger partial charge in [-0.3, -0.25) is 4.79 Å². The Bertz CT molecular complexity index is 1010. The summed E-state index contributed by atoms with van der Waals surface area (Å²) in [7, 11) is 0. The highest BCUT2D eigenvalue weighted by Gasteiger charge is 2.24. The largest absolute Gasteiger partial charge is 0.492 e. The van der Waals surface area contributed by atoms with Gasteiger partial charge in [0.2, 0.25) is 0 Å². The van der Waals surface area contributed by atoms with Gasteiger partial charge in [-0.2, -0.15) is 0 Å². The molecule has 1 aliphatic rings. The molecule has 6 heteroatoms. The first-order valence-electron chi connectivity index (χ1n) is 9.70. The number of piperazine rings is 1. The van der Waals surface area contributed by atoms with Crippen LogP contribution in [0.4, 0.5) is 5.13 Å². The number of carbonyl (C=O) groups excluding carboxylic acids is 1. The summed E-state index contributed by atoms with van der Waals surface area (Å²) in [6.45, 7) is 9.73. The number of hydrogen-bond donors (Lipinski definition) is 0. The average molecular weight is 396 g/mol. The second-order valence-corrected chi connectivity index (χ2v) is 8.12. The molecule has 0 aliphatic carbocycles. The zero-order chi connectivity index (χ0) is 19.7. The van der Waals surface area contributed by atoms with Crippen LogP contribution in [0.1, 0.15) is 28.4 Å². The lowest BCUT2D eigenvalue weighted by Crippen LogP contribution is -2.48. The standard InChI is InChI=1S/C22H25N3O2S/c1-4-27-18-6-5-7-19-20(18)23-22(28-19)25-12-10-24(11-13-25)21(26)17-9-8-15(2)16(3)14-17/h5-9,14H,4,10-13H2,1-3H3. The summed E-state index contributed by atoms with van der Waals surface area (Å²) < 4.78 is 6.84. The minimum atomic E-state index is 0.116. The van der Waals surface area contributed by atoms with Gasteiger partial charge in [-0.1, -0.05) is 23.5 Å². The van der Waals surface area contributed by atoms with Crippen molar-refractivity contribution >= 4 is 32.6 Å². The van der Waals surface area contributed by atoms with Gasteiger partial charge < -0.3 is 14.5 Å². The first-order chi connectivity index (χ1) is 13.6. The molecule has 146 valence electrons. The van der Waals surface area contributed by atoms with Crippen LogP contribution in [0.25, 0.3) is 10.2 Å². The fourth-order valence-corrected chi connectivity index (χ4v) is 4.51. The molecule has 1 fully saturated rings. The number of amides is 1. The number of nitrogens with zero attached hydrogens (tertiary/aromatic N) is 3. The van der Waals surface area contributed by atoms with Gasteiger partial charge in [-0.05, 0) is 56.2 Å². The van der Waals surface area contributed by atoms with Crippen LogP contribution in [0.2, 0.25) is 0 Å². The monoisotopic (exact) mass is 395 g/mol. The molecule has 0 N–H and O–H groups in total. The molecule has 3 aromatic rings. The Morgan fingerprint density at radius 2 is 1.89 bits per heavy atom. The van der Waals surface area contributed by atoms with Crippen LogP contribution < -0.4 is 9.64 Å². The summed E-state index contributed by atoms with van der Waals surface area (Å²) in [5.74, 6) is 0.955. The second-order valence-electron chi connectivity index (χ2n) is 7.11. The first kappa shape index (κ1) is 18.7. The minimum Gasteiger partial charge on any atom is -0.492 e. The number of fused-ring (bicyclic) bond motifs is 1. The number of thiazole rings is 1. The van der Waals surface area contributed by atoms with Gasteiger partial charge in [0.25, 0.3) is 5.91 Å². The third-order valence-corrected chi connectivity index (χ3v) is 6.34. The van der Waals surface area contributed by atoms with Crippen molar-refractivity contribution in [2.75, 3.05) is 37.7 Å². The van der Waals surface area contributed by atoms with Crippen LogP contribution in [-0.2, 0) is 0 Å². The van der Waals surface area contributed by atoms with Crippen molar-refractivity contribution < 1.29 is 9.53 Å². The van der Waals surface area contributed by atoms with E-state index in [0.29, 0.717) is 19.7 Å². The highest BCUT2D eigenvalue weighted by molar-refractivity contribution is 7.22. The Morgan fingerprint density at radius 1 is 1.11 bits per heavy atom. The van der Waals surface area contributed by atoms with E-state index in [-0.39, 0.29) is 5.91 Å². The van der Waals surface area contributed by atoms with Crippen LogP contribution in [-0.4, -0.2) is 48.6 Å². The lowest BCUT2D eigenvalue weighted by molar-refractivity contribution is 0.0746. The highest BCUT2D eigenvalue weighted by Crippen LogP contribution is 2.34. The van der Waals surface area contributed by atoms with E-state index in [1.807, 2.05) is 49.1 Å². The molecule has 0 atom stereocenters. The zero-order valence-electron chi connectivity index (χ0n) is 16.6. The maximum atomic E-state index is 12.8. The summed E-state index contributed by atoms with van der Waals surface area (Å²) >= 11 is 1.68. The molecular weight excluding hydrogens is 370 g/mol. The molecule has 1 saturated heterocycles. The number of para-hydroxylation sites is 1. The summed E-state index contributed by atoms with van der Waals surface area (Å²) in [4.78, 5) is 21.9. The number of aromatic nitrogens is 1. The third kappa shape index (κ3) is 3.56. The first-order valence-corrected chi connectivity index (χ1v) is 10.5. The van der Waals surface area contributed by atoms with Crippen molar-refractivity contribution in [1.82, 2.24) is 9.88 Å². The van der Waals surface area contributed by atoms with Crippen molar-refractivity contribution in [3.05, 3.63) is 53.1 Å². The van der Waals surface area contributed by atoms with Crippen molar-refractivity contribution in [3.8, 4) is 5.75 Å². The number of anilines is 1. The summed E-state index contributed by atoms with van der Waals surface area (Å²) in [6, 6.07) is 12.0. The quantitative estimate of drug-likeness (QED) is 0.662. The molecule has 0 unspecified atom stereocenters. The minimum absolute atomic E-state index is 0.116. The van der Waals surface area contributed by atoms with Crippen LogP contribution in [0.15, 0.2) is 36.4 Å². The number of carbonyl (C=O) groups is 1. The van der Waals surface area contributed by atoms with E-state index in [1.165, 1.54) is 5.56 Å². The molecule has 0 saturated carbocycles. The van der Waals surface area contributed by atoms with Gasteiger partial charge in [-0.25, -0.2) is 4.98 Å². The van der Waals surface area contributed by atoms with Gasteiger partial charge in [0.05, 0.1) is 11.3 Å². The average Bonchev–Trinajstić information content (AvgIpc) is 3.15. The van der Waals surface area contributed by atoms with E-state index >= 15 is 0 Å². The number of benzene rings is 2. The number of ether oxygens (including phenoxy) is 1. The molecule has 0 spiro atoms. The Morgan fingerprint density at radius 3 is 2.61 bits per heavy atom. The summed E-state index contributed by atoms with van der Waals surface area (Å²) in [5, 5.41) is 1.00. The van der Waals surface area contributed by atoms with E-state index in [0.717, 1.165) is 45.3 Å². The third-order valence-electron chi connectivity index (χ3n) is 5.26.